The molecule has 3 heterocycles. The average Bonchev–Trinajstić information content (AvgIpc) is 3.41. The standard InChI is InChI=1S/C30H38N6O3/c37-26-18-39-25-12-11-22(13-23(25)35-26)14-32-30(38)29-28-27(33-19-34-29)24(15-31-28)36(16-20-7-3-1-4-8-20)17-21-9-5-2-6-10-21/h11-13,15,19-21,31H,1-10,14,16-18H2,(H,32,38)(H,35,37). The van der Waals surface area contributed by atoms with E-state index < -0.39 is 0 Å². The number of fused-ring (bicyclic) bond motifs is 2. The van der Waals surface area contributed by atoms with Crippen LogP contribution in [0.4, 0.5) is 11.4 Å². The number of nitrogens with zero attached hydrogens (tertiary/aromatic N) is 3. The maximum Gasteiger partial charge on any atom is 0.272 e. The number of aromatic nitrogens is 3. The first-order valence-electron chi connectivity index (χ1n) is 14.5. The molecule has 39 heavy (non-hydrogen) atoms. The predicted octanol–water partition coefficient (Wildman–Crippen LogP) is 5.19. The van der Waals surface area contributed by atoms with Crippen molar-refractivity contribution < 1.29 is 14.3 Å². The van der Waals surface area contributed by atoms with Gasteiger partial charge in [-0.1, -0.05) is 44.6 Å². The van der Waals surface area contributed by atoms with Crippen LogP contribution in [0.2, 0.25) is 0 Å². The second kappa shape index (κ2) is 11.6. The third kappa shape index (κ3) is 5.87. The number of benzene rings is 1. The highest BCUT2D eigenvalue weighted by Gasteiger charge is 2.25. The SMILES string of the molecule is O=C1COc2ccc(CNC(=O)c3ncnc4c(N(CC5CCCCC5)CC5CCCCC5)c[nH]c34)cc2N1. The fourth-order valence-corrected chi connectivity index (χ4v) is 6.48. The minimum atomic E-state index is -0.264. The summed E-state index contributed by atoms with van der Waals surface area (Å²) in [5.74, 6) is 1.61. The summed E-state index contributed by atoms with van der Waals surface area (Å²) in [6.45, 7) is 2.42. The average molecular weight is 531 g/mol. The van der Waals surface area contributed by atoms with Crippen molar-refractivity contribution in [3.63, 3.8) is 0 Å². The van der Waals surface area contributed by atoms with Crippen molar-refractivity contribution >= 4 is 34.2 Å². The Labute approximate surface area is 229 Å². The number of anilines is 2. The van der Waals surface area contributed by atoms with Crippen molar-refractivity contribution in [3.8, 4) is 5.75 Å². The van der Waals surface area contributed by atoms with Crippen LogP contribution < -0.4 is 20.3 Å². The number of hydrogen-bond donors (Lipinski definition) is 3. The zero-order valence-electron chi connectivity index (χ0n) is 22.5. The van der Waals surface area contributed by atoms with Gasteiger partial charge in [0.25, 0.3) is 11.8 Å². The molecule has 2 aliphatic carbocycles. The van der Waals surface area contributed by atoms with Gasteiger partial charge in [0.15, 0.2) is 12.3 Å². The van der Waals surface area contributed by atoms with Crippen LogP contribution in [0.5, 0.6) is 5.75 Å². The van der Waals surface area contributed by atoms with E-state index in [2.05, 4.69) is 30.5 Å². The van der Waals surface area contributed by atoms with E-state index >= 15 is 0 Å². The maximum absolute atomic E-state index is 13.3. The highest BCUT2D eigenvalue weighted by molar-refractivity contribution is 6.05. The van der Waals surface area contributed by atoms with Gasteiger partial charge in [-0.15, -0.1) is 0 Å². The van der Waals surface area contributed by atoms with Crippen LogP contribution in [-0.2, 0) is 11.3 Å². The van der Waals surface area contributed by atoms with E-state index in [1.807, 2.05) is 24.4 Å². The summed E-state index contributed by atoms with van der Waals surface area (Å²) in [5, 5.41) is 5.79. The molecule has 1 aromatic carbocycles. The summed E-state index contributed by atoms with van der Waals surface area (Å²) in [5.41, 5.74) is 4.40. The Hall–Kier alpha value is -3.62. The second-order valence-corrected chi connectivity index (χ2v) is 11.4. The van der Waals surface area contributed by atoms with E-state index in [0.29, 0.717) is 41.0 Å². The van der Waals surface area contributed by atoms with Crippen molar-refractivity contribution in [1.82, 2.24) is 20.3 Å². The Morgan fingerprint density at radius 2 is 1.72 bits per heavy atom. The Kier molecular flexibility index (Phi) is 7.65. The van der Waals surface area contributed by atoms with Gasteiger partial charge in [-0.3, -0.25) is 9.59 Å². The zero-order valence-corrected chi connectivity index (χ0v) is 22.5. The first-order chi connectivity index (χ1) is 19.1. The molecule has 0 radical (unpaired) electrons. The molecule has 0 spiro atoms. The van der Waals surface area contributed by atoms with Crippen LogP contribution in [0.15, 0.2) is 30.7 Å². The van der Waals surface area contributed by atoms with Crippen molar-refractivity contribution in [2.45, 2.75) is 70.8 Å². The molecule has 0 bridgehead atoms. The third-order valence-electron chi connectivity index (χ3n) is 8.54. The molecule has 3 N–H and O–H groups in total. The molecular weight excluding hydrogens is 492 g/mol. The molecule has 206 valence electrons. The van der Waals surface area contributed by atoms with E-state index in [4.69, 9.17) is 4.74 Å². The van der Waals surface area contributed by atoms with E-state index in [0.717, 1.165) is 29.9 Å². The Morgan fingerprint density at radius 1 is 1.00 bits per heavy atom. The number of aromatic amines is 1. The van der Waals surface area contributed by atoms with Gasteiger partial charge in [-0.2, -0.15) is 0 Å². The molecule has 2 saturated carbocycles. The minimum absolute atomic E-state index is 0.0175. The highest BCUT2D eigenvalue weighted by Crippen LogP contribution is 2.34. The number of hydrogen-bond acceptors (Lipinski definition) is 6. The first-order valence-corrected chi connectivity index (χ1v) is 14.5. The van der Waals surface area contributed by atoms with Gasteiger partial charge in [0, 0.05) is 25.8 Å². The largest absolute Gasteiger partial charge is 0.482 e. The fraction of sp³-hybridized carbons (Fsp3) is 0.533. The van der Waals surface area contributed by atoms with Crippen LogP contribution in [-0.4, -0.2) is 46.5 Å². The minimum Gasteiger partial charge on any atom is -0.482 e. The molecule has 0 atom stereocenters. The van der Waals surface area contributed by atoms with Gasteiger partial charge in [0.2, 0.25) is 0 Å². The quantitative estimate of drug-likeness (QED) is 0.370. The molecular formula is C30H38N6O3. The molecule has 3 aliphatic rings. The smallest absolute Gasteiger partial charge is 0.272 e. The van der Waals surface area contributed by atoms with Gasteiger partial charge < -0.3 is 25.3 Å². The molecule has 0 unspecified atom stereocenters. The van der Waals surface area contributed by atoms with Gasteiger partial charge in [-0.25, -0.2) is 9.97 Å². The lowest BCUT2D eigenvalue weighted by atomic mass is 9.86. The van der Waals surface area contributed by atoms with Crippen molar-refractivity contribution in [3.05, 3.63) is 42.0 Å². The van der Waals surface area contributed by atoms with Crippen molar-refractivity contribution in [2.75, 3.05) is 29.9 Å². The van der Waals surface area contributed by atoms with Gasteiger partial charge in [0.1, 0.15) is 17.6 Å². The summed E-state index contributed by atoms with van der Waals surface area (Å²) in [7, 11) is 0. The number of carbonyl (C=O) groups excluding carboxylic acids is 2. The van der Waals surface area contributed by atoms with E-state index in [-0.39, 0.29) is 18.4 Å². The molecule has 9 heteroatoms. The number of carbonyl (C=O) groups is 2. The number of amides is 2. The van der Waals surface area contributed by atoms with E-state index in [1.165, 1.54) is 70.5 Å². The highest BCUT2D eigenvalue weighted by atomic mass is 16.5. The van der Waals surface area contributed by atoms with Gasteiger partial charge >= 0.3 is 0 Å². The molecule has 6 rings (SSSR count). The summed E-state index contributed by atoms with van der Waals surface area (Å²) >= 11 is 0. The Morgan fingerprint density at radius 3 is 2.44 bits per heavy atom. The Bertz CT molecular complexity index is 1310. The molecule has 0 saturated heterocycles. The van der Waals surface area contributed by atoms with Crippen molar-refractivity contribution in [1.29, 1.82) is 0 Å². The van der Waals surface area contributed by atoms with Crippen LogP contribution in [0.1, 0.15) is 80.3 Å². The van der Waals surface area contributed by atoms with Crippen LogP contribution >= 0.6 is 0 Å². The summed E-state index contributed by atoms with van der Waals surface area (Å²) in [6.07, 6.45) is 16.7. The van der Waals surface area contributed by atoms with Crippen molar-refractivity contribution in [2.24, 2.45) is 11.8 Å². The monoisotopic (exact) mass is 530 g/mol. The van der Waals surface area contributed by atoms with Gasteiger partial charge in [0.05, 0.1) is 16.9 Å². The summed E-state index contributed by atoms with van der Waals surface area (Å²) in [6, 6.07) is 5.51. The number of H-pyrrole nitrogens is 1. The van der Waals surface area contributed by atoms with E-state index in [9.17, 15) is 9.59 Å². The number of nitrogens with one attached hydrogen (secondary N) is 3. The molecule has 2 aromatic heterocycles. The number of rotatable bonds is 8. The molecule has 9 nitrogen and oxygen atoms in total. The fourth-order valence-electron chi connectivity index (χ4n) is 6.48. The topological polar surface area (TPSA) is 112 Å². The lowest BCUT2D eigenvalue weighted by Crippen LogP contribution is -2.35. The van der Waals surface area contributed by atoms with Crippen LogP contribution in [0.3, 0.4) is 0 Å². The predicted molar refractivity (Wildman–Crippen MR) is 151 cm³/mol. The molecule has 3 aromatic rings. The Balaban J connectivity index is 1.20. The molecule has 1 aliphatic heterocycles. The summed E-state index contributed by atoms with van der Waals surface area (Å²) in [4.78, 5) is 39.8. The van der Waals surface area contributed by atoms with Gasteiger partial charge in [-0.05, 0) is 55.2 Å². The van der Waals surface area contributed by atoms with E-state index in [1.54, 1.807) is 0 Å². The zero-order chi connectivity index (χ0) is 26.6. The molecule has 2 fully saturated rings. The lowest BCUT2D eigenvalue weighted by Gasteiger charge is -2.34. The first kappa shape index (κ1) is 25.6. The second-order valence-electron chi connectivity index (χ2n) is 11.4. The lowest BCUT2D eigenvalue weighted by molar-refractivity contribution is -0.118. The van der Waals surface area contributed by atoms with Crippen LogP contribution in [0.25, 0.3) is 11.0 Å². The third-order valence-corrected chi connectivity index (χ3v) is 8.54. The summed E-state index contributed by atoms with van der Waals surface area (Å²) < 4.78 is 5.43. The maximum atomic E-state index is 13.3. The normalized spacial score (nSPS) is 18.3. The van der Waals surface area contributed by atoms with Crippen LogP contribution in [0, 0.1) is 11.8 Å². The molecule has 2 amide bonds. The number of ether oxygens (including phenoxy) is 1.